The molecule has 2 N–H and O–H groups in total. The molecule has 0 amide bonds. The summed E-state index contributed by atoms with van der Waals surface area (Å²) in [6.07, 6.45) is 1.75. The highest BCUT2D eigenvalue weighted by atomic mass is 32.2. The summed E-state index contributed by atoms with van der Waals surface area (Å²) in [7, 11) is 1.83. The molecule has 0 saturated carbocycles. The summed E-state index contributed by atoms with van der Waals surface area (Å²) in [4.78, 5) is 4.35. The van der Waals surface area contributed by atoms with Gasteiger partial charge in [-0.05, 0) is 23.9 Å². The standard InChI is InChI=1S/C11H10N4OS/c1-15-6-7(12)10(14-15)17-11-13-8-4-2-3-5-9(8)16-11/h2-6H,12H2,1H3. The van der Waals surface area contributed by atoms with Crippen molar-refractivity contribution in [2.75, 3.05) is 5.73 Å². The minimum atomic E-state index is 0.552. The summed E-state index contributed by atoms with van der Waals surface area (Å²) >= 11 is 1.33. The average molecular weight is 246 g/mol. The Balaban J connectivity index is 1.97. The van der Waals surface area contributed by atoms with E-state index >= 15 is 0 Å². The maximum atomic E-state index is 5.81. The molecule has 3 aromatic rings. The summed E-state index contributed by atoms with van der Waals surface area (Å²) in [6, 6.07) is 7.63. The van der Waals surface area contributed by atoms with Crippen molar-refractivity contribution in [1.82, 2.24) is 14.8 Å². The molecule has 0 saturated heterocycles. The number of aromatic nitrogens is 3. The number of aryl methyl sites for hydroxylation is 1. The number of anilines is 1. The first kappa shape index (κ1) is 10.2. The molecule has 3 rings (SSSR count). The van der Waals surface area contributed by atoms with Gasteiger partial charge in [0.2, 0.25) is 0 Å². The number of fused-ring (bicyclic) bond motifs is 1. The minimum Gasteiger partial charge on any atom is -0.431 e. The summed E-state index contributed by atoms with van der Waals surface area (Å²) in [5.41, 5.74) is 8.04. The molecule has 0 spiro atoms. The molecule has 86 valence electrons. The Morgan fingerprint density at radius 1 is 1.35 bits per heavy atom. The number of benzene rings is 1. The van der Waals surface area contributed by atoms with Gasteiger partial charge in [-0.3, -0.25) is 4.68 Å². The predicted molar refractivity (Wildman–Crippen MR) is 65.8 cm³/mol. The lowest BCUT2D eigenvalue weighted by Crippen LogP contribution is -1.86. The Bertz CT molecular complexity index is 640. The van der Waals surface area contributed by atoms with Gasteiger partial charge in [-0.25, -0.2) is 4.98 Å². The molecule has 1 aromatic carbocycles. The van der Waals surface area contributed by atoms with Crippen LogP contribution in [-0.4, -0.2) is 14.8 Å². The van der Waals surface area contributed by atoms with Gasteiger partial charge >= 0.3 is 0 Å². The van der Waals surface area contributed by atoms with Crippen molar-refractivity contribution in [2.24, 2.45) is 7.05 Å². The summed E-state index contributed by atoms with van der Waals surface area (Å²) in [5.74, 6) is 0. The van der Waals surface area contributed by atoms with Crippen molar-refractivity contribution in [3.8, 4) is 0 Å². The highest BCUT2D eigenvalue weighted by molar-refractivity contribution is 7.99. The molecule has 0 aliphatic carbocycles. The van der Waals surface area contributed by atoms with Crippen LogP contribution in [0.3, 0.4) is 0 Å². The fourth-order valence-corrected chi connectivity index (χ4v) is 2.32. The summed E-state index contributed by atoms with van der Waals surface area (Å²) in [6.45, 7) is 0. The Labute approximate surface area is 102 Å². The monoisotopic (exact) mass is 246 g/mol. The van der Waals surface area contributed by atoms with Crippen LogP contribution in [0.2, 0.25) is 0 Å². The Morgan fingerprint density at radius 2 is 2.18 bits per heavy atom. The van der Waals surface area contributed by atoms with E-state index in [0.717, 1.165) is 11.1 Å². The molecule has 0 unspecified atom stereocenters. The normalized spacial score (nSPS) is 11.1. The molecule has 2 aromatic heterocycles. The lowest BCUT2D eigenvalue weighted by atomic mass is 10.3. The lowest BCUT2D eigenvalue weighted by molar-refractivity contribution is 0.489. The van der Waals surface area contributed by atoms with Crippen LogP contribution in [0.5, 0.6) is 0 Å². The highest BCUT2D eigenvalue weighted by Crippen LogP contribution is 2.31. The number of nitrogens with zero attached hydrogens (tertiary/aromatic N) is 3. The van der Waals surface area contributed by atoms with Crippen molar-refractivity contribution in [3.05, 3.63) is 30.5 Å². The fraction of sp³-hybridized carbons (Fsp3) is 0.0909. The van der Waals surface area contributed by atoms with Crippen LogP contribution >= 0.6 is 11.8 Å². The van der Waals surface area contributed by atoms with Gasteiger partial charge in [0.25, 0.3) is 5.22 Å². The van der Waals surface area contributed by atoms with E-state index in [0.29, 0.717) is 15.9 Å². The first-order chi connectivity index (χ1) is 8.22. The van der Waals surface area contributed by atoms with E-state index < -0.39 is 0 Å². The second-order valence-electron chi connectivity index (χ2n) is 3.61. The van der Waals surface area contributed by atoms with Crippen LogP contribution < -0.4 is 5.73 Å². The average Bonchev–Trinajstić information content (AvgIpc) is 2.82. The number of para-hydroxylation sites is 2. The number of hydrogen-bond donors (Lipinski definition) is 1. The molecule has 0 radical (unpaired) electrons. The molecule has 0 atom stereocenters. The molecular formula is C11H10N4OS. The third kappa shape index (κ3) is 1.87. The molecule has 0 bridgehead atoms. The van der Waals surface area contributed by atoms with Gasteiger partial charge in [-0.15, -0.1) is 0 Å². The van der Waals surface area contributed by atoms with Gasteiger partial charge < -0.3 is 10.2 Å². The molecule has 0 aliphatic rings. The van der Waals surface area contributed by atoms with Gasteiger partial charge in [0.05, 0.1) is 5.69 Å². The van der Waals surface area contributed by atoms with E-state index in [1.807, 2.05) is 31.3 Å². The third-order valence-corrected chi connectivity index (χ3v) is 3.14. The van der Waals surface area contributed by atoms with E-state index in [9.17, 15) is 0 Å². The maximum absolute atomic E-state index is 5.81. The Morgan fingerprint density at radius 3 is 2.88 bits per heavy atom. The van der Waals surface area contributed by atoms with Crippen LogP contribution in [0.15, 0.2) is 45.1 Å². The van der Waals surface area contributed by atoms with E-state index in [2.05, 4.69) is 10.1 Å². The second kappa shape index (κ2) is 3.81. The fourth-order valence-electron chi connectivity index (χ4n) is 1.54. The van der Waals surface area contributed by atoms with Crippen LogP contribution in [0.4, 0.5) is 5.69 Å². The maximum Gasteiger partial charge on any atom is 0.263 e. The molecule has 0 aliphatic heterocycles. The highest BCUT2D eigenvalue weighted by Gasteiger charge is 2.11. The number of nitrogens with two attached hydrogens (primary N) is 1. The second-order valence-corrected chi connectivity index (χ2v) is 4.55. The zero-order chi connectivity index (χ0) is 11.8. The van der Waals surface area contributed by atoms with Gasteiger partial charge in [0, 0.05) is 13.2 Å². The van der Waals surface area contributed by atoms with Gasteiger partial charge in [0.15, 0.2) is 10.6 Å². The van der Waals surface area contributed by atoms with E-state index in [4.69, 9.17) is 10.2 Å². The van der Waals surface area contributed by atoms with Crippen molar-refractivity contribution < 1.29 is 4.42 Å². The summed E-state index contributed by atoms with van der Waals surface area (Å²) in [5, 5.41) is 5.49. The molecule has 5 nitrogen and oxygen atoms in total. The number of rotatable bonds is 2. The van der Waals surface area contributed by atoms with E-state index in [-0.39, 0.29) is 0 Å². The van der Waals surface area contributed by atoms with Gasteiger partial charge in [-0.2, -0.15) is 5.10 Å². The molecule has 0 fully saturated rings. The topological polar surface area (TPSA) is 69.9 Å². The number of oxazole rings is 1. The molecular weight excluding hydrogens is 236 g/mol. The van der Waals surface area contributed by atoms with Gasteiger partial charge in [-0.1, -0.05) is 12.1 Å². The van der Waals surface area contributed by atoms with Crippen LogP contribution in [0.25, 0.3) is 11.1 Å². The minimum absolute atomic E-state index is 0.552. The lowest BCUT2D eigenvalue weighted by Gasteiger charge is -1.91. The number of hydrogen-bond acceptors (Lipinski definition) is 5. The largest absolute Gasteiger partial charge is 0.431 e. The van der Waals surface area contributed by atoms with E-state index in [1.165, 1.54) is 11.8 Å². The molecule has 2 heterocycles. The van der Waals surface area contributed by atoms with Crippen molar-refractivity contribution in [2.45, 2.75) is 10.2 Å². The molecule has 17 heavy (non-hydrogen) atoms. The van der Waals surface area contributed by atoms with Crippen molar-refractivity contribution >= 4 is 28.5 Å². The third-order valence-electron chi connectivity index (χ3n) is 2.28. The van der Waals surface area contributed by atoms with E-state index in [1.54, 1.807) is 10.9 Å². The van der Waals surface area contributed by atoms with Crippen LogP contribution in [-0.2, 0) is 7.05 Å². The first-order valence-corrected chi connectivity index (χ1v) is 5.86. The van der Waals surface area contributed by atoms with Crippen molar-refractivity contribution in [1.29, 1.82) is 0 Å². The van der Waals surface area contributed by atoms with Gasteiger partial charge in [0.1, 0.15) is 5.52 Å². The Hall–Kier alpha value is -1.95. The quantitative estimate of drug-likeness (QED) is 0.751. The zero-order valence-electron chi connectivity index (χ0n) is 9.12. The SMILES string of the molecule is Cn1cc(N)c(Sc2nc3ccccc3o2)n1. The first-order valence-electron chi connectivity index (χ1n) is 5.05. The number of nitrogen functional groups attached to an aromatic ring is 1. The van der Waals surface area contributed by atoms with Crippen LogP contribution in [0, 0.1) is 0 Å². The summed E-state index contributed by atoms with van der Waals surface area (Å²) < 4.78 is 7.25. The zero-order valence-corrected chi connectivity index (χ0v) is 9.94. The van der Waals surface area contributed by atoms with Crippen molar-refractivity contribution in [3.63, 3.8) is 0 Å². The van der Waals surface area contributed by atoms with Crippen LogP contribution in [0.1, 0.15) is 0 Å². The Kier molecular flexibility index (Phi) is 2.29. The predicted octanol–water partition coefficient (Wildman–Crippen LogP) is 2.29. The molecule has 6 heteroatoms. The smallest absolute Gasteiger partial charge is 0.263 e.